The molecule has 1 aromatic carbocycles. The van der Waals surface area contributed by atoms with Crippen LogP contribution in [0.2, 0.25) is 5.02 Å². The highest BCUT2D eigenvalue weighted by Crippen LogP contribution is 2.19. The van der Waals surface area contributed by atoms with Crippen LogP contribution in [0.1, 0.15) is 17.0 Å². The molecule has 5 heteroatoms. The summed E-state index contributed by atoms with van der Waals surface area (Å²) >= 11 is 5.90. The number of rotatable bonds is 5. The number of hydrogen-bond donors (Lipinski definition) is 2. The van der Waals surface area contributed by atoms with Crippen LogP contribution in [0.4, 0.5) is 0 Å². The molecular formula is C15H15ClN2O2. The molecule has 0 unspecified atom stereocenters. The normalized spacial score (nSPS) is 11.9. The number of nitrogens with zero attached hydrogens (tertiary/aromatic N) is 1. The number of aromatic nitrogens is 1. The summed E-state index contributed by atoms with van der Waals surface area (Å²) in [7, 11) is 0. The van der Waals surface area contributed by atoms with Gasteiger partial charge in [-0.25, -0.2) is 0 Å². The Balaban J connectivity index is 2.02. The third-order valence-electron chi connectivity index (χ3n) is 2.97. The van der Waals surface area contributed by atoms with Crippen molar-refractivity contribution in [2.45, 2.75) is 12.5 Å². The van der Waals surface area contributed by atoms with Gasteiger partial charge in [0.2, 0.25) is 5.91 Å². The van der Waals surface area contributed by atoms with E-state index in [9.17, 15) is 9.90 Å². The van der Waals surface area contributed by atoms with Gasteiger partial charge in [-0.15, -0.1) is 0 Å². The Morgan fingerprint density at radius 2 is 2.05 bits per heavy atom. The first-order valence-corrected chi connectivity index (χ1v) is 6.61. The van der Waals surface area contributed by atoms with Crippen molar-refractivity contribution in [1.82, 2.24) is 10.3 Å². The van der Waals surface area contributed by atoms with E-state index in [-0.39, 0.29) is 12.5 Å². The van der Waals surface area contributed by atoms with E-state index in [1.807, 2.05) is 12.1 Å². The first-order valence-electron chi connectivity index (χ1n) is 6.23. The number of aliphatic hydroxyl groups is 1. The number of halogens is 1. The molecule has 1 heterocycles. The van der Waals surface area contributed by atoms with Crippen LogP contribution in [-0.2, 0) is 11.3 Å². The topological polar surface area (TPSA) is 62.2 Å². The van der Waals surface area contributed by atoms with E-state index in [1.54, 1.807) is 36.7 Å². The second kappa shape index (κ2) is 7.03. The van der Waals surface area contributed by atoms with Gasteiger partial charge in [0, 0.05) is 24.0 Å². The Hall–Kier alpha value is -1.91. The SMILES string of the molecule is O=C(NCc1ccncc1)[C@H](CO)c1cccc(Cl)c1. The first kappa shape index (κ1) is 14.5. The minimum Gasteiger partial charge on any atom is -0.395 e. The lowest BCUT2D eigenvalue weighted by molar-refractivity contribution is -0.123. The smallest absolute Gasteiger partial charge is 0.230 e. The predicted molar refractivity (Wildman–Crippen MR) is 77.4 cm³/mol. The van der Waals surface area contributed by atoms with E-state index in [2.05, 4.69) is 10.3 Å². The molecular weight excluding hydrogens is 276 g/mol. The first-order chi connectivity index (χ1) is 9.70. The monoisotopic (exact) mass is 290 g/mol. The van der Waals surface area contributed by atoms with Crippen molar-refractivity contribution < 1.29 is 9.90 Å². The fraction of sp³-hybridized carbons (Fsp3) is 0.200. The third-order valence-corrected chi connectivity index (χ3v) is 3.20. The summed E-state index contributed by atoms with van der Waals surface area (Å²) in [4.78, 5) is 16.0. The maximum absolute atomic E-state index is 12.1. The van der Waals surface area contributed by atoms with Gasteiger partial charge in [0.05, 0.1) is 12.5 Å². The molecule has 0 fully saturated rings. The van der Waals surface area contributed by atoms with Crippen molar-refractivity contribution in [1.29, 1.82) is 0 Å². The fourth-order valence-corrected chi connectivity index (χ4v) is 2.07. The molecule has 0 saturated carbocycles. The molecule has 0 radical (unpaired) electrons. The maximum atomic E-state index is 12.1. The number of aliphatic hydroxyl groups excluding tert-OH is 1. The average Bonchev–Trinajstić information content (AvgIpc) is 2.47. The predicted octanol–water partition coefficient (Wildman–Crippen LogP) is 2.13. The molecule has 4 nitrogen and oxygen atoms in total. The Labute approximate surface area is 122 Å². The number of pyridine rings is 1. The van der Waals surface area contributed by atoms with Gasteiger partial charge in [0.1, 0.15) is 0 Å². The molecule has 20 heavy (non-hydrogen) atoms. The molecule has 1 amide bonds. The lowest BCUT2D eigenvalue weighted by Gasteiger charge is -2.15. The number of hydrogen-bond acceptors (Lipinski definition) is 3. The van der Waals surface area contributed by atoms with Gasteiger partial charge in [0.15, 0.2) is 0 Å². The quantitative estimate of drug-likeness (QED) is 0.887. The lowest BCUT2D eigenvalue weighted by Crippen LogP contribution is -2.30. The number of carbonyl (C=O) groups excluding carboxylic acids is 1. The van der Waals surface area contributed by atoms with Crippen molar-refractivity contribution in [3.8, 4) is 0 Å². The number of nitrogens with one attached hydrogen (secondary N) is 1. The van der Waals surface area contributed by atoms with E-state index in [4.69, 9.17) is 11.6 Å². The van der Waals surface area contributed by atoms with Crippen molar-refractivity contribution in [2.75, 3.05) is 6.61 Å². The zero-order chi connectivity index (χ0) is 14.4. The minimum atomic E-state index is -0.615. The van der Waals surface area contributed by atoms with E-state index in [0.717, 1.165) is 5.56 Å². The minimum absolute atomic E-state index is 0.230. The highest BCUT2D eigenvalue weighted by molar-refractivity contribution is 6.30. The lowest BCUT2D eigenvalue weighted by atomic mass is 9.99. The fourth-order valence-electron chi connectivity index (χ4n) is 1.88. The summed E-state index contributed by atoms with van der Waals surface area (Å²) in [5.41, 5.74) is 1.66. The molecule has 0 spiro atoms. The number of benzene rings is 1. The molecule has 2 N–H and O–H groups in total. The third kappa shape index (κ3) is 3.79. The van der Waals surface area contributed by atoms with Crippen LogP contribution in [0.25, 0.3) is 0 Å². The highest BCUT2D eigenvalue weighted by Gasteiger charge is 2.19. The van der Waals surface area contributed by atoms with Crippen molar-refractivity contribution in [3.63, 3.8) is 0 Å². The molecule has 104 valence electrons. The Bertz CT molecular complexity index is 575. The Morgan fingerprint density at radius 1 is 1.30 bits per heavy atom. The molecule has 0 aliphatic carbocycles. The van der Waals surface area contributed by atoms with Crippen LogP contribution in [0.5, 0.6) is 0 Å². The Kier molecular flexibility index (Phi) is 5.09. The van der Waals surface area contributed by atoms with Crippen molar-refractivity contribution in [2.24, 2.45) is 0 Å². The van der Waals surface area contributed by atoms with Crippen LogP contribution in [0, 0.1) is 0 Å². The average molecular weight is 291 g/mol. The van der Waals surface area contributed by atoms with E-state index in [1.165, 1.54) is 0 Å². The summed E-state index contributed by atoms with van der Waals surface area (Å²) < 4.78 is 0. The molecule has 0 aliphatic rings. The van der Waals surface area contributed by atoms with Gasteiger partial charge in [-0.3, -0.25) is 9.78 Å². The molecule has 0 saturated heterocycles. The second-order valence-electron chi connectivity index (χ2n) is 4.36. The van der Waals surface area contributed by atoms with Crippen LogP contribution in [0.15, 0.2) is 48.8 Å². The van der Waals surface area contributed by atoms with Gasteiger partial charge in [0.25, 0.3) is 0 Å². The van der Waals surface area contributed by atoms with Gasteiger partial charge in [-0.05, 0) is 35.4 Å². The molecule has 2 aromatic rings. The van der Waals surface area contributed by atoms with Crippen LogP contribution in [0.3, 0.4) is 0 Å². The van der Waals surface area contributed by atoms with Gasteiger partial charge in [-0.1, -0.05) is 23.7 Å². The molecule has 0 bridgehead atoms. The molecule has 1 aromatic heterocycles. The van der Waals surface area contributed by atoms with Crippen LogP contribution >= 0.6 is 11.6 Å². The summed E-state index contributed by atoms with van der Waals surface area (Å²) in [5.74, 6) is -0.845. The van der Waals surface area contributed by atoms with E-state index < -0.39 is 5.92 Å². The molecule has 2 rings (SSSR count). The van der Waals surface area contributed by atoms with E-state index in [0.29, 0.717) is 17.1 Å². The molecule has 0 aliphatic heterocycles. The van der Waals surface area contributed by atoms with E-state index >= 15 is 0 Å². The van der Waals surface area contributed by atoms with Crippen LogP contribution < -0.4 is 5.32 Å². The zero-order valence-corrected chi connectivity index (χ0v) is 11.5. The number of amides is 1. The van der Waals surface area contributed by atoms with Gasteiger partial charge in [-0.2, -0.15) is 0 Å². The summed E-state index contributed by atoms with van der Waals surface area (Å²) in [6.07, 6.45) is 3.34. The molecule has 1 atom stereocenters. The van der Waals surface area contributed by atoms with Crippen LogP contribution in [-0.4, -0.2) is 22.6 Å². The largest absolute Gasteiger partial charge is 0.395 e. The highest BCUT2D eigenvalue weighted by atomic mass is 35.5. The zero-order valence-electron chi connectivity index (χ0n) is 10.8. The van der Waals surface area contributed by atoms with Crippen molar-refractivity contribution >= 4 is 17.5 Å². The number of carbonyl (C=O) groups is 1. The standard InChI is InChI=1S/C15H15ClN2O2/c16-13-3-1-2-12(8-13)14(10-19)15(20)18-9-11-4-6-17-7-5-11/h1-8,14,19H,9-10H2,(H,18,20)/t14-/m1/s1. The summed E-state index contributed by atoms with van der Waals surface area (Å²) in [5, 5.41) is 12.8. The van der Waals surface area contributed by atoms with Gasteiger partial charge < -0.3 is 10.4 Å². The maximum Gasteiger partial charge on any atom is 0.230 e. The van der Waals surface area contributed by atoms with Gasteiger partial charge >= 0.3 is 0 Å². The summed E-state index contributed by atoms with van der Waals surface area (Å²) in [6, 6.07) is 10.6. The second-order valence-corrected chi connectivity index (χ2v) is 4.80. The Morgan fingerprint density at radius 3 is 2.70 bits per heavy atom. The van der Waals surface area contributed by atoms with Crippen molar-refractivity contribution in [3.05, 3.63) is 64.9 Å². The summed E-state index contributed by atoms with van der Waals surface area (Å²) in [6.45, 7) is 0.140.